The Labute approximate surface area is 242 Å². The summed E-state index contributed by atoms with van der Waals surface area (Å²) < 4.78 is 29.2. The highest BCUT2D eigenvalue weighted by Crippen LogP contribution is 2.46. The smallest absolute Gasteiger partial charge is 0.333 e. The molecule has 5 aromatic rings. The van der Waals surface area contributed by atoms with Crippen molar-refractivity contribution in [2.75, 3.05) is 0 Å². The molecule has 8 nitrogen and oxygen atoms in total. The Kier molecular flexibility index (Phi) is 6.25. The molecule has 0 radical (unpaired) electrons. The number of primary amides is 1. The fraction of sp³-hybridized carbons (Fsp3) is 0.194. The van der Waals surface area contributed by atoms with Crippen LogP contribution in [0.5, 0.6) is 0 Å². The van der Waals surface area contributed by atoms with E-state index >= 15 is 0 Å². The van der Waals surface area contributed by atoms with Crippen molar-refractivity contribution in [3.63, 3.8) is 0 Å². The molecule has 3 aromatic carbocycles. The minimum absolute atomic E-state index is 0.199. The number of allylic oxidation sites excluding steroid dienone is 1. The molecule has 2 heterocycles. The van der Waals surface area contributed by atoms with Gasteiger partial charge in [-0.3, -0.25) is 9.59 Å². The van der Waals surface area contributed by atoms with Crippen LogP contribution in [0, 0.1) is 18.6 Å². The molecule has 2 aromatic heterocycles. The molecule has 0 aliphatic heterocycles. The van der Waals surface area contributed by atoms with Gasteiger partial charge in [-0.15, -0.1) is 11.6 Å². The van der Waals surface area contributed by atoms with E-state index in [0.29, 0.717) is 39.5 Å². The predicted octanol–water partition coefficient (Wildman–Crippen LogP) is 4.60. The van der Waals surface area contributed by atoms with Gasteiger partial charge < -0.3 is 20.8 Å². The van der Waals surface area contributed by atoms with Gasteiger partial charge in [0.25, 0.3) is 11.5 Å². The highest BCUT2D eigenvalue weighted by molar-refractivity contribution is 6.28. The zero-order valence-electron chi connectivity index (χ0n) is 22.7. The zero-order chi connectivity index (χ0) is 30.2. The summed E-state index contributed by atoms with van der Waals surface area (Å²) in [6.07, 6.45) is 1.57. The quantitative estimate of drug-likeness (QED) is 0.228. The topological polar surface area (TPSA) is 134 Å². The fourth-order valence-corrected chi connectivity index (χ4v) is 6.24. The summed E-state index contributed by atoms with van der Waals surface area (Å²) in [5.41, 5.74) is 6.48. The summed E-state index contributed by atoms with van der Waals surface area (Å²) in [5, 5.41) is 10.2. The van der Waals surface area contributed by atoms with Crippen molar-refractivity contribution >= 4 is 44.9 Å². The number of benzene rings is 3. The maximum Gasteiger partial charge on any atom is 0.333 e. The minimum atomic E-state index is -1.12. The monoisotopic (exact) mass is 590 g/mol. The molecule has 42 heavy (non-hydrogen) atoms. The van der Waals surface area contributed by atoms with Crippen LogP contribution in [0.3, 0.4) is 0 Å². The Balaban J connectivity index is 1.61. The van der Waals surface area contributed by atoms with E-state index in [1.807, 2.05) is 6.07 Å². The summed E-state index contributed by atoms with van der Waals surface area (Å²) in [7, 11) is 0. The lowest BCUT2D eigenvalue weighted by atomic mass is 9.78. The molecular weight excluding hydrogens is 566 g/mol. The van der Waals surface area contributed by atoms with Gasteiger partial charge in [0.15, 0.2) is 5.82 Å². The summed E-state index contributed by atoms with van der Waals surface area (Å²) in [4.78, 5) is 44.6. The summed E-state index contributed by atoms with van der Waals surface area (Å²) in [5.74, 6) is -3.24. The van der Waals surface area contributed by atoms with Crippen LogP contribution in [0.4, 0.5) is 8.78 Å². The number of nitrogens with two attached hydrogens (primary N) is 1. The highest BCUT2D eigenvalue weighted by atomic mass is 35.5. The predicted molar refractivity (Wildman–Crippen MR) is 157 cm³/mol. The van der Waals surface area contributed by atoms with Gasteiger partial charge in [-0.25, -0.2) is 18.1 Å². The number of hydrogen-bond acceptors (Lipinski definition) is 4. The number of aromatic amines is 2. The molecule has 214 valence electrons. The molecule has 0 fully saturated rings. The Morgan fingerprint density at radius 3 is 2.50 bits per heavy atom. The van der Waals surface area contributed by atoms with Crippen LogP contribution in [-0.4, -0.2) is 30.9 Å². The average Bonchev–Trinajstić information content (AvgIpc) is 3.28. The summed E-state index contributed by atoms with van der Waals surface area (Å²) >= 11 is 6.93. The summed E-state index contributed by atoms with van der Waals surface area (Å²) in [6, 6.07) is 11.9. The molecule has 11 heteroatoms. The van der Waals surface area contributed by atoms with Crippen molar-refractivity contribution in [1.29, 1.82) is 0 Å². The molecule has 1 aliphatic rings. The van der Waals surface area contributed by atoms with E-state index in [1.54, 1.807) is 57.2 Å². The molecule has 0 saturated heterocycles. The minimum Gasteiger partial charge on any atom is -0.386 e. The van der Waals surface area contributed by atoms with Crippen LogP contribution in [0.15, 0.2) is 64.2 Å². The van der Waals surface area contributed by atoms with E-state index in [0.717, 1.165) is 16.0 Å². The third-order valence-corrected chi connectivity index (χ3v) is 8.26. The van der Waals surface area contributed by atoms with Gasteiger partial charge in [0.05, 0.1) is 38.8 Å². The second-order valence-electron chi connectivity index (χ2n) is 11.0. The lowest BCUT2D eigenvalue weighted by Gasteiger charge is -2.29. The van der Waals surface area contributed by atoms with Gasteiger partial charge in [0.2, 0.25) is 0 Å². The second-order valence-corrected chi connectivity index (χ2v) is 11.5. The van der Waals surface area contributed by atoms with Gasteiger partial charge in [-0.2, -0.15) is 0 Å². The Morgan fingerprint density at radius 2 is 1.81 bits per heavy atom. The fourth-order valence-electron chi connectivity index (χ4n) is 5.85. The first-order valence-electron chi connectivity index (χ1n) is 13.1. The number of halogens is 3. The van der Waals surface area contributed by atoms with Crippen molar-refractivity contribution in [2.24, 2.45) is 5.73 Å². The molecule has 6 rings (SSSR count). The molecule has 5 N–H and O–H groups in total. The van der Waals surface area contributed by atoms with Crippen molar-refractivity contribution in [2.45, 2.75) is 37.7 Å². The van der Waals surface area contributed by atoms with Crippen LogP contribution in [0.25, 0.3) is 33.1 Å². The normalized spacial score (nSPS) is 17.0. The first-order valence-corrected chi connectivity index (χ1v) is 13.5. The molecule has 0 bridgehead atoms. The third kappa shape index (κ3) is 4.17. The van der Waals surface area contributed by atoms with Gasteiger partial charge in [-0.1, -0.05) is 30.3 Å². The second kappa shape index (κ2) is 9.50. The number of hydrogen-bond donors (Lipinski definition) is 4. The number of aromatic nitrogens is 3. The Hall–Kier alpha value is -4.54. The zero-order valence-corrected chi connectivity index (χ0v) is 23.4. The number of aliphatic hydroxyl groups is 1. The number of H-pyrrole nitrogens is 2. The molecule has 0 spiro atoms. The standard InChI is InChI=1S/C31H25ClF2N4O4/c1-13-16(5-4-6-23(13)38-29(40)19-10-15(33)11-21(34)26(19)37-30(38)41)24-20(32)12-18(28(35)39)27-25(24)17-8-7-14(31(2,3)42)9-22(17)36-27/h4-12,20,24,36,42H,1-3H3,(H2,35,39)(H,37,41)/t20-,24-/m1/s1. The van der Waals surface area contributed by atoms with E-state index in [1.165, 1.54) is 0 Å². The van der Waals surface area contributed by atoms with Crippen LogP contribution >= 0.6 is 11.6 Å². The van der Waals surface area contributed by atoms with E-state index < -0.39 is 45.7 Å². The van der Waals surface area contributed by atoms with Gasteiger partial charge in [-0.05, 0) is 61.2 Å². The number of alkyl halides is 1. The molecule has 0 saturated carbocycles. The molecule has 1 aliphatic carbocycles. The van der Waals surface area contributed by atoms with Gasteiger partial charge >= 0.3 is 5.69 Å². The van der Waals surface area contributed by atoms with E-state index in [2.05, 4.69) is 9.97 Å². The van der Waals surface area contributed by atoms with Crippen LogP contribution in [0.2, 0.25) is 0 Å². The lowest BCUT2D eigenvalue weighted by Crippen LogP contribution is -2.34. The highest BCUT2D eigenvalue weighted by Gasteiger charge is 2.36. The summed E-state index contributed by atoms with van der Waals surface area (Å²) in [6.45, 7) is 5.04. The van der Waals surface area contributed by atoms with Crippen molar-refractivity contribution in [3.8, 4) is 5.69 Å². The van der Waals surface area contributed by atoms with Crippen LogP contribution in [-0.2, 0) is 10.4 Å². The lowest BCUT2D eigenvalue weighted by molar-refractivity contribution is -0.112. The first-order chi connectivity index (χ1) is 19.8. The number of carbonyl (C=O) groups excluding carboxylic acids is 1. The molecular formula is C31H25ClF2N4O4. The number of nitrogens with zero attached hydrogens (tertiary/aromatic N) is 1. The third-order valence-electron chi connectivity index (χ3n) is 7.88. The molecule has 0 unspecified atom stereocenters. The Morgan fingerprint density at radius 1 is 1.07 bits per heavy atom. The van der Waals surface area contributed by atoms with Crippen LogP contribution < -0.4 is 17.0 Å². The van der Waals surface area contributed by atoms with Gasteiger partial charge in [0, 0.05) is 22.9 Å². The largest absolute Gasteiger partial charge is 0.386 e. The first kappa shape index (κ1) is 27.6. The van der Waals surface area contributed by atoms with Crippen molar-refractivity contribution in [3.05, 3.63) is 115 Å². The van der Waals surface area contributed by atoms with Gasteiger partial charge in [0.1, 0.15) is 5.82 Å². The maximum atomic E-state index is 14.4. The van der Waals surface area contributed by atoms with E-state index in [-0.39, 0.29) is 22.2 Å². The molecule has 2 atom stereocenters. The average molecular weight is 591 g/mol. The van der Waals surface area contributed by atoms with E-state index in [9.17, 15) is 28.3 Å². The number of carbonyl (C=O) groups is 1. The SMILES string of the molecule is Cc1c([C@H]2c3c([nH]c4cc(C(C)(C)O)ccc34)C(C(N)=O)=C[C@H]2Cl)cccc1-n1c(=O)[nH]c2c(F)cc(F)cc2c1=O. The van der Waals surface area contributed by atoms with Crippen LogP contribution in [0.1, 0.15) is 47.7 Å². The molecule has 1 amide bonds. The number of nitrogens with one attached hydrogen (secondary N) is 2. The number of rotatable bonds is 4. The maximum absolute atomic E-state index is 14.4. The van der Waals surface area contributed by atoms with Crippen molar-refractivity contribution < 1.29 is 18.7 Å². The number of amides is 1. The van der Waals surface area contributed by atoms with Crippen molar-refractivity contribution in [1.82, 2.24) is 14.5 Å². The van der Waals surface area contributed by atoms with E-state index in [4.69, 9.17) is 17.3 Å². The number of fused-ring (bicyclic) bond motifs is 4. The Bertz CT molecular complexity index is 2120.